The summed E-state index contributed by atoms with van der Waals surface area (Å²) >= 11 is 5.98. The summed E-state index contributed by atoms with van der Waals surface area (Å²) in [5.74, 6) is 1.10. The van der Waals surface area contributed by atoms with E-state index in [1.165, 1.54) is 11.1 Å². The van der Waals surface area contributed by atoms with Gasteiger partial charge in [-0.3, -0.25) is 9.69 Å². The minimum Gasteiger partial charge on any atom is -0.493 e. The van der Waals surface area contributed by atoms with Crippen LogP contribution in [0.25, 0.3) is 0 Å². The topological polar surface area (TPSA) is 41.6 Å². The molecule has 1 aliphatic rings. The van der Waals surface area contributed by atoms with Crippen molar-refractivity contribution in [1.29, 1.82) is 0 Å². The Morgan fingerprint density at radius 2 is 1.81 bits per heavy atom. The third kappa shape index (κ3) is 7.25. The number of ether oxygens (including phenoxy) is 1. The molecule has 2 aromatic rings. The third-order valence-electron chi connectivity index (χ3n) is 6.40. The van der Waals surface area contributed by atoms with Gasteiger partial charge in [-0.25, -0.2) is 0 Å². The largest absolute Gasteiger partial charge is 0.493 e. The normalized spacial score (nSPS) is 15.5. The Balaban J connectivity index is 1.37. The summed E-state index contributed by atoms with van der Waals surface area (Å²) in [7, 11) is 0. The molecule has 0 saturated carbocycles. The van der Waals surface area contributed by atoms with Crippen molar-refractivity contribution < 1.29 is 9.53 Å². The summed E-state index contributed by atoms with van der Waals surface area (Å²) in [6, 6.07) is 14.6. The van der Waals surface area contributed by atoms with Crippen molar-refractivity contribution in [3.05, 3.63) is 64.2 Å². The number of benzene rings is 2. The maximum Gasteiger partial charge on any atom is 0.225 e. The van der Waals surface area contributed by atoms with Gasteiger partial charge in [0.2, 0.25) is 5.91 Å². The highest BCUT2D eigenvalue weighted by molar-refractivity contribution is 6.30. The average molecular weight is 457 g/mol. The van der Waals surface area contributed by atoms with Crippen LogP contribution in [0.4, 0.5) is 0 Å². The molecule has 0 aliphatic carbocycles. The predicted octanol–water partition coefficient (Wildman–Crippen LogP) is 5.92. The molecule has 1 aliphatic heterocycles. The molecule has 0 radical (unpaired) electrons. The summed E-state index contributed by atoms with van der Waals surface area (Å²) in [6.07, 6.45) is 3.64. The second kappa shape index (κ2) is 11.2. The second-order valence-electron chi connectivity index (χ2n) is 9.76. The lowest BCUT2D eigenvalue weighted by Gasteiger charge is -2.34. The molecule has 0 bridgehead atoms. The number of rotatable bonds is 9. The molecule has 1 amide bonds. The smallest absolute Gasteiger partial charge is 0.225 e. The van der Waals surface area contributed by atoms with Crippen molar-refractivity contribution in [2.75, 3.05) is 19.7 Å². The van der Waals surface area contributed by atoms with E-state index >= 15 is 0 Å². The fourth-order valence-electron chi connectivity index (χ4n) is 4.14. The molecular weight excluding hydrogens is 420 g/mol. The quantitative estimate of drug-likeness (QED) is 0.476. The van der Waals surface area contributed by atoms with Gasteiger partial charge in [0, 0.05) is 36.1 Å². The Bertz CT molecular complexity index is 887. The maximum absolute atomic E-state index is 12.9. The van der Waals surface area contributed by atoms with Gasteiger partial charge in [-0.1, -0.05) is 49.7 Å². The lowest BCUT2D eigenvalue weighted by Crippen LogP contribution is -2.48. The van der Waals surface area contributed by atoms with Crippen LogP contribution in [0.5, 0.6) is 5.75 Å². The van der Waals surface area contributed by atoms with Gasteiger partial charge in [-0.2, -0.15) is 0 Å². The number of carbonyl (C=O) groups excluding carboxylic acids is 1. The summed E-state index contributed by atoms with van der Waals surface area (Å²) < 4.78 is 5.97. The van der Waals surface area contributed by atoms with Gasteiger partial charge in [-0.05, 0) is 74.4 Å². The molecule has 1 heterocycles. The van der Waals surface area contributed by atoms with Crippen molar-refractivity contribution in [2.24, 2.45) is 5.41 Å². The van der Waals surface area contributed by atoms with E-state index in [9.17, 15) is 4.79 Å². The van der Waals surface area contributed by atoms with E-state index in [1.807, 2.05) is 26.0 Å². The lowest BCUT2D eigenvalue weighted by molar-refractivity contribution is -0.130. The number of nitrogens with one attached hydrogen (secondary N) is 1. The number of nitrogens with zero attached hydrogens (tertiary/aromatic N) is 1. The van der Waals surface area contributed by atoms with E-state index in [4.69, 9.17) is 16.3 Å². The van der Waals surface area contributed by atoms with Crippen LogP contribution in [-0.2, 0) is 11.3 Å². The highest BCUT2D eigenvalue weighted by atomic mass is 35.5. The predicted molar refractivity (Wildman–Crippen MR) is 132 cm³/mol. The van der Waals surface area contributed by atoms with Crippen molar-refractivity contribution in [3.63, 3.8) is 0 Å². The third-order valence-corrected chi connectivity index (χ3v) is 6.66. The molecule has 0 unspecified atom stereocenters. The molecule has 0 spiro atoms. The molecule has 1 saturated heterocycles. The second-order valence-corrected chi connectivity index (χ2v) is 10.2. The molecule has 4 nitrogen and oxygen atoms in total. The highest BCUT2D eigenvalue weighted by Crippen LogP contribution is 2.25. The van der Waals surface area contributed by atoms with Gasteiger partial charge in [0.25, 0.3) is 0 Å². The van der Waals surface area contributed by atoms with E-state index in [-0.39, 0.29) is 11.9 Å². The Labute approximate surface area is 198 Å². The van der Waals surface area contributed by atoms with Crippen LogP contribution in [0.1, 0.15) is 56.2 Å². The van der Waals surface area contributed by atoms with E-state index < -0.39 is 5.41 Å². The molecular formula is C27H37ClN2O2. The number of halogens is 1. The van der Waals surface area contributed by atoms with E-state index in [2.05, 4.69) is 54.4 Å². The zero-order valence-electron chi connectivity index (χ0n) is 19.9. The van der Waals surface area contributed by atoms with Crippen molar-refractivity contribution in [1.82, 2.24) is 10.2 Å². The van der Waals surface area contributed by atoms with Crippen LogP contribution in [0.15, 0.2) is 42.5 Å². The Morgan fingerprint density at radius 1 is 1.12 bits per heavy atom. The number of hydrogen-bond donors (Lipinski definition) is 1. The number of amides is 1. The average Bonchev–Trinajstić information content (AvgIpc) is 2.76. The van der Waals surface area contributed by atoms with Crippen LogP contribution >= 0.6 is 11.6 Å². The molecule has 1 fully saturated rings. The fraction of sp³-hybridized carbons (Fsp3) is 0.519. The summed E-state index contributed by atoms with van der Waals surface area (Å²) in [4.78, 5) is 15.4. The Morgan fingerprint density at radius 3 is 2.50 bits per heavy atom. The van der Waals surface area contributed by atoms with Gasteiger partial charge in [-0.15, -0.1) is 0 Å². The number of aryl methyl sites for hydroxylation is 2. The van der Waals surface area contributed by atoms with E-state index in [0.717, 1.165) is 61.7 Å². The van der Waals surface area contributed by atoms with Gasteiger partial charge in [0.05, 0.1) is 6.61 Å². The molecule has 5 heteroatoms. The van der Waals surface area contributed by atoms with Crippen molar-refractivity contribution >= 4 is 17.5 Å². The molecule has 0 aromatic heterocycles. The summed E-state index contributed by atoms with van der Waals surface area (Å²) in [5.41, 5.74) is 3.23. The SMILES string of the molecule is Cc1ccc(C)c(OCCCC(C)(C)C(=O)NC2CCN(Cc3ccc(Cl)cc3)CC2)c1. The van der Waals surface area contributed by atoms with Crippen LogP contribution in [0.2, 0.25) is 5.02 Å². The van der Waals surface area contributed by atoms with Crippen LogP contribution in [0, 0.1) is 19.3 Å². The zero-order valence-corrected chi connectivity index (χ0v) is 20.7. The number of hydrogen-bond acceptors (Lipinski definition) is 3. The lowest BCUT2D eigenvalue weighted by atomic mass is 9.86. The molecule has 174 valence electrons. The van der Waals surface area contributed by atoms with Gasteiger partial charge in [0.1, 0.15) is 5.75 Å². The van der Waals surface area contributed by atoms with Crippen LogP contribution < -0.4 is 10.1 Å². The Hall–Kier alpha value is -2.04. The summed E-state index contributed by atoms with van der Waals surface area (Å²) in [5, 5.41) is 4.08. The molecule has 3 rings (SSSR count). The van der Waals surface area contributed by atoms with Gasteiger partial charge in [0.15, 0.2) is 0 Å². The van der Waals surface area contributed by atoms with Crippen molar-refractivity contribution in [2.45, 2.75) is 66.0 Å². The number of piperidine rings is 1. The van der Waals surface area contributed by atoms with Crippen molar-refractivity contribution in [3.8, 4) is 5.75 Å². The molecule has 2 aromatic carbocycles. The Kier molecular flexibility index (Phi) is 8.61. The molecule has 0 atom stereocenters. The monoisotopic (exact) mass is 456 g/mol. The van der Waals surface area contributed by atoms with Crippen LogP contribution in [0.3, 0.4) is 0 Å². The first-order chi connectivity index (χ1) is 15.2. The van der Waals surface area contributed by atoms with Gasteiger partial charge >= 0.3 is 0 Å². The zero-order chi connectivity index (χ0) is 23.1. The van der Waals surface area contributed by atoms with E-state index in [0.29, 0.717) is 6.61 Å². The van der Waals surface area contributed by atoms with E-state index in [1.54, 1.807) is 0 Å². The highest BCUT2D eigenvalue weighted by Gasteiger charge is 2.30. The molecule has 32 heavy (non-hydrogen) atoms. The maximum atomic E-state index is 12.9. The standard InChI is InChI=1S/C27H37ClN2O2/c1-20-6-7-21(2)25(18-20)32-17-5-14-27(3,4)26(31)29-24-12-15-30(16-13-24)19-22-8-10-23(28)11-9-22/h6-11,18,24H,5,12-17,19H2,1-4H3,(H,29,31). The summed E-state index contributed by atoms with van der Waals surface area (Å²) in [6.45, 7) is 11.8. The fourth-order valence-corrected chi connectivity index (χ4v) is 4.26. The number of likely N-dealkylation sites (tertiary alicyclic amines) is 1. The first-order valence-corrected chi connectivity index (χ1v) is 12.1. The molecule has 1 N–H and O–H groups in total. The number of carbonyl (C=O) groups is 1. The van der Waals surface area contributed by atoms with Crippen LogP contribution in [-0.4, -0.2) is 36.5 Å². The minimum absolute atomic E-state index is 0.153. The minimum atomic E-state index is -0.397. The van der Waals surface area contributed by atoms with Gasteiger partial charge < -0.3 is 10.1 Å². The first-order valence-electron chi connectivity index (χ1n) is 11.7. The first kappa shape index (κ1) is 24.6.